The number of nitrogens with one attached hydrogen (secondary N) is 1. The van der Waals surface area contributed by atoms with Crippen molar-refractivity contribution in [2.75, 3.05) is 26.1 Å². The number of fused-ring (bicyclic) bond motifs is 5. The predicted octanol–water partition coefficient (Wildman–Crippen LogP) is 5.21. The topological polar surface area (TPSA) is 59.3 Å². The molecule has 0 unspecified atom stereocenters. The molecule has 0 radical (unpaired) electrons. The van der Waals surface area contributed by atoms with E-state index in [2.05, 4.69) is 35.1 Å². The van der Waals surface area contributed by atoms with Crippen LogP contribution in [0.2, 0.25) is 0 Å². The molecule has 180 valence electrons. The largest absolute Gasteiger partial charge is 0.387 e. The van der Waals surface area contributed by atoms with Crippen molar-refractivity contribution in [3.8, 4) is 0 Å². The molecular weight excluding hydrogens is 398 g/mol. The van der Waals surface area contributed by atoms with Gasteiger partial charge in [0.2, 0.25) is 0 Å². The van der Waals surface area contributed by atoms with E-state index in [1.54, 1.807) is 7.11 Å². The Morgan fingerprint density at radius 2 is 1.97 bits per heavy atom. The number of rotatable bonds is 6. The van der Waals surface area contributed by atoms with Gasteiger partial charge in [-0.05, 0) is 105 Å². The first-order valence-electron chi connectivity index (χ1n) is 13.3. The van der Waals surface area contributed by atoms with Gasteiger partial charge in [-0.15, -0.1) is 0 Å². The van der Waals surface area contributed by atoms with Crippen molar-refractivity contribution in [1.82, 2.24) is 9.78 Å². The number of ether oxygens (including phenoxy) is 1. The highest BCUT2D eigenvalue weighted by Crippen LogP contribution is 2.65. The molecular formula is C27H45N3O2. The van der Waals surface area contributed by atoms with Crippen LogP contribution in [0, 0.1) is 46.8 Å². The van der Waals surface area contributed by atoms with Crippen LogP contribution in [-0.2, 0) is 11.3 Å². The van der Waals surface area contributed by atoms with Gasteiger partial charge in [0.05, 0.1) is 24.1 Å². The molecule has 0 aromatic carbocycles. The summed E-state index contributed by atoms with van der Waals surface area (Å²) in [5.41, 5.74) is 1.03. The second kappa shape index (κ2) is 8.61. The zero-order valence-corrected chi connectivity index (χ0v) is 20.7. The van der Waals surface area contributed by atoms with E-state index in [0.29, 0.717) is 23.9 Å². The fraction of sp³-hybridized carbons (Fsp3) is 0.889. The average Bonchev–Trinajstić information content (AvgIpc) is 3.36. The van der Waals surface area contributed by atoms with Crippen molar-refractivity contribution in [2.24, 2.45) is 46.8 Å². The van der Waals surface area contributed by atoms with E-state index in [1.165, 1.54) is 44.9 Å². The summed E-state index contributed by atoms with van der Waals surface area (Å²) in [4.78, 5) is 0. The van der Waals surface area contributed by atoms with Crippen molar-refractivity contribution in [1.29, 1.82) is 0 Å². The third-order valence-electron chi connectivity index (χ3n) is 10.7. The Bertz CT molecular complexity index is 796. The van der Waals surface area contributed by atoms with E-state index in [1.807, 2.05) is 13.2 Å². The first-order chi connectivity index (χ1) is 15.4. The third-order valence-corrected chi connectivity index (χ3v) is 10.7. The summed E-state index contributed by atoms with van der Waals surface area (Å²) in [6, 6.07) is 0. The molecule has 5 heteroatoms. The second-order valence-corrected chi connectivity index (χ2v) is 12.2. The van der Waals surface area contributed by atoms with Crippen LogP contribution in [0.4, 0.5) is 5.69 Å². The van der Waals surface area contributed by atoms with Crippen molar-refractivity contribution in [3.63, 3.8) is 0 Å². The van der Waals surface area contributed by atoms with E-state index in [9.17, 15) is 5.11 Å². The summed E-state index contributed by atoms with van der Waals surface area (Å²) in [5.74, 6) is 5.76. The van der Waals surface area contributed by atoms with Crippen LogP contribution < -0.4 is 5.32 Å². The van der Waals surface area contributed by atoms with Gasteiger partial charge in [0.1, 0.15) is 0 Å². The number of anilines is 1. The molecule has 1 aromatic rings. The van der Waals surface area contributed by atoms with E-state index < -0.39 is 5.60 Å². The van der Waals surface area contributed by atoms with Gasteiger partial charge in [-0.2, -0.15) is 5.10 Å². The van der Waals surface area contributed by atoms with E-state index >= 15 is 0 Å². The van der Waals surface area contributed by atoms with Gasteiger partial charge in [-0.3, -0.25) is 4.68 Å². The summed E-state index contributed by atoms with van der Waals surface area (Å²) in [6.07, 6.45) is 15.6. The lowest BCUT2D eigenvalue weighted by atomic mass is 9.48. The maximum atomic E-state index is 11.0. The van der Waals surface area contributed by atoms with Crippen LogP contribution in [0.25, 0.3) is 0 Å². The van der Waals surface area contributed by atoms with Gasteiger partial charge in [0.15, 0.2) is 0 Å². The Kier molecular flexibility index (Phi) is 6.11. The zero-order valence-electron chi connectivity index (χ0n) is 20.7. The molecule has 1 aromatic heterocycles. The van der Waals surface area contributed by atoms with Crippen LogP contribution in [0.3, 0.4) is 0 Å². The first-order valence-corrected chi connectivity index (χ1v) is 13.3. The molecule has 9 atom stereocenters. The van der Waals surface area contributed by atoms with Crippen LogP contribution in [0.15, 0.2) is 12.4 Å². The lowest BCUT2D eigenvalue weighted by molar-refractivity contribution is -0.126. The monoisotopic (exact) mass is 443 g/mol. The maximum absolute atomic E-state index is 11.0. The predicted molar refractivity (Wildman–Crippen MR) is 128 cm³/mol. The fourth-order valence-electron chi connectivity index (χ4n) is 9.35. The number of aromatic nitrogens is 2. The number of hydrogen-bond donors (Lipinski definition) is 2. The molecule has 4 aliphatic carbocycles. The van der Waals surface area contributed by atoms with Gasteiger partial charge in [-0.1, -0.05) is 13.8 Å². The Labute approximate surface area is 194 Å². The molecule has 0 amide bonds. The normalized spacial score (nSPS) is 44.4. The zero-order chi connectivity index (χ0) is 22.5. The SMILES string of the molecule is CNc1cnn(C[C@H](C)[C@H]2CC[C@H]3[C@@H]4CC[C@@H]5C[C@@](O)(COC)CC[C@@H]5[C@H]4CC[C@]23C)c1. The number of hydrogen-bond acceptors (Lipinski definition) is 4. The van der Waals surface area contributed by atoms with Gasteiger partial charge >= 0.3 is 0 Å². The van der Waals surface area contributed by atoms with Gasteiger partial charge in [0, 0.05) is 26.9 Å². The van der Waals surface area contributed by atoms with Gasteiger partial charge in [0.25, 0.3) is 0 Å². The van der Waals surface area contributed by atoms with Crippen LogP contribution in [0.1, 0.15) is 71.6 Å². The quantitative estimate of drug-likeness (QED) is 0.634. The molecule has 0 saturated heterocycles. The van der Waals surface area contributed by atoms with Crippen molar-refractivity contribution in [3.05, 3.63) is 12.4 Å². The summed E-state index contributed by atoms with van der Waals surface area (Å²) in [7, 11) is 3.69. The lowest BCUT2D eigenvalue weighted by Gasteiger charge is -2.57. The van der Waals surface area contributed by atoms with Crippen LogP contribution in [0.5, 0.6) is 0 Å². The Hall–Kier alpha value is -1.07. The van der Waals surface area contributed by atoms with E-state index in [4.69, 9.17) is 4.74 Å². The molecule has 2 N–H and O–H groups in total. The van der Waals surface area contributed by atoms with Crippen molar-refractivity contribution >= 4 is 5.69 Å². The smallest absolute Gasteiger partial charge is 0.0882 e. The molecule has 1 heterocycles. The van der Waals surface area contributed by atoms with Crippen molar-refractivity contribution in [2.45, 2.75) is 83.8 Å². The Morgan fingerprint density at radius 1 is 1.16 bits per heavy atom. The minimum atomic E-state index is -0.570. The standard InChI is InChI=1S/C27H45N3O2/c1-18(15-30-16-20(28-3)14-29-30)24-7-8-25-23-6-5-19-13-27(31,17-32-4)12-10-21(19)22(23)9-11-26(24,25)2/h14,16,18-19,21-25,28,31H,5-13,15,17H2,1-4H3/t18-,19+,21-,22+,23+,24+,25-,26+,27+/m0/s1. The third kappa shape index (κ3) is 3.81. The summed E-state index contributed by atoms with van der Waals surface area (Å²) in [6.45, 7) is 6.66. The molecule has 0 spiro atoms. The Morgan fingerprint density at radius 3 is 2.72 bits per heavy atom. The number of nitrogens with zero attached hydrogens (tertiary/aromatic N) is 2. The summed E-state index contributed by atoms with van der Waals surface area (Å²) in [5, 5.41) is 18.8. The molecule has 0 aliphatic heterocycles. The molecule has 5 nitrogen and oxygen atoms in total. The van der Waals surface area contributed by atoms with Gasteiger partial charge in [-0.25, -0.2) is 0 Å². The first kappa shape index (κ1) is 22.7. The summed E-state index contributed by atoms with van der Waals surface area (Å²) >= 11 is 0. The molecule has 4 fully saturated rings. The van der Waals surface area contributed by atoms with E-state index in [0.717, 1.165) is 54.7 Å². The number of aliphatic hydroxyl groups is 1. The molecule has 32 heavy (non-hydrogen) atoms. The average molecular weight is 444 g/mol. The molecule has 5 rings (SSSR count). The maximum Gasteiger partial charge on any atom is 0.0882 e. The van der Waals surface area contributed by atoms with Crippen molar-refractivity contribution < 1.29 is 9.84 Å². The minimum Gasteiger partial charge on any atom is -0.387 e. The minimum absolute atomic E-state index is 0.498. The highest BCUT2D eigenvalue weighted by molar-refractivity contribution is 5.36. The summed E-state index contributed by atoms with van der Waals surface area (Å²) < 4.78 is 7.51. The fourth-order valence-corrected chi connectivity index (χ4v) is 9.35. The second-order valence-electron chi connectivity index (χ2n) is 12.2. The lowest BCUT2D eigenvalue weighted by Crippen LogP contribution is -2.52. The number of methoxy groups -OCH3 is 1. The van der Waals surface area contributed by atoms with E-state index in [-0.39, 0.29) is 0 Å². The molecule has 4 saturated carbocycles. The Balaban J connectivity index is 1.27. The van der Waals surface area contributed by atoms with Crippen LogP contribution >= 0.6 is 0 Å². The molecule has 4 aliphatic rings. The van der Waals surface area contributed by atoms with Gasteiger partial charge < -0.3 is 15.2 Å². The molecule has 0 bridgehead atoms. The highest BCUT2D eigenvalue weighted by Gasteiger charge is 2.58. The van der Waals surface area contributed by atoms with Crippen LogP contribution in [-0.4, -0.2) is 41.3 Å². The highest BCUT2D eigenvalue weighted by atomic mass is 16.5.